The van der Waals surface area contributed by atoms with Crippen LogP contribution in [0.1, 0.15) is 20.7 Å². The van der Waals surface area contributed by atoms with Gasteiger partial charge < -0.3 is 20.5 Å². The smallest absolute Gasteiger partial charge is 0.251 e. The number of carbonyl (C=O) groups excluding carboxylic acids is 2. The molecule has 0 spiro atoms. The van der Waals surface area contributed by atoms with Crippen molar-refractivity contribution in [3.63, 3.8) is 0 Å². The van der Waals surface area contributed by atoms with E-state index < -0.39 is 12.2 Å². The Kier molecular flexibility index (Phi) is 6.91. The van der Waals surface area contributed by atoms with Crippen LogP contribution in [0.3, 0.4) is 0 Å². The number of aliphatic hydroxyl groups excluding tert-OH is 1. The van der Waals surface area contributed by atoms with Crippen molar-refractivity contribution in [1.29, 1.82) is 0 Å². The number of nitrogens with one attached hydrogen (secondary N) is 2. The van der Waals surface area contributed by atoms with Crippen molar-refractivity contribution in [3.05, 3.63) is 69.7 Å². The molecule has 0 saturated carbocycles. The van der Waals surface area contributed by atoms with E-state index in [0.717, 1.165) is 0 Å². The van der Waals surface area contributed by atoms with Gasteiger partial charge in [-0.3, -0.25) is 9.59 Å². The number of aliphatic hydroxyl groups is 1. The summed E-state index contributed by atoms with van der Waals surface area (Å²) in [7, 11) is 0. The highest BCUT2D eigenvalue weighted by molar-refractivity contribution is 6.42. The lowest BCUT2D eigenvalue weighted by Gasteiger charge is -2.18. The molecule has 148 valence electrons. The van der Waals surface area contributed by atoms with Gasteiger partial charge in [0.1, 0.15) is 6.10 Å². The van der Waals surface area contributed by atoms with E-state index in [9.17, 15) is 14.7 Å². The Hall–Kier alpha value is -2.12. The second-order valence-electron chi connectivity index (χ2n) is 6.54. The van der Waals surface area contributed by atoms with Gasteiger partial charge in [-0.1, -0.05) is 41.4 Å². The Bertz CT molecular complexity index is 847. The van der Waals surface area contributed by atoms with Gasteiger partial charge in [0.05, 0.1) is 22.8 Å². The molecule has 28 heavy (non-hydrogen) atoms. The third-order valence-electron chi connectivity index (χ3n) is 4.59. The number of hydrogen-bond donors (Lipinski definition) is 3. The van der Waals surface area contributed by atoms with E-state index in [0.29, 0.717) is 27.8 Å². The van der Waals surface area contributed by atoms with Gasteiger partial charge in [-0.05, 0) is 30.3 Å². The van der Waals surface area contributed by atoms with Gasteiger partial charge in [0.2, 0.25) is 0 Å². The summed E-state index contributed by atoms with van der Waals surface area (Å²) in [5.41, 5.74) is 0.926. The molecule has 1 fully saturated rings. The third kappa shape index (κ3) is 5.02. The van der Waals surface area contributed by atoms with Gasteiger partial charge in [-0.2, -0.15) is 0 Å². The Balaban J connectivity index is 1.47. The van der Waals surface area contributed by atoms with Crippen molar-refractivity contribution in [3.8, 4) is 0 Å². The van der Waals surface area contributed by atoms with Crippen molar-refractivity contribution in [2.45, 2.75) is 12.2 Å². The Labute approximate surface area is 172 Å². The highest BCUT2D eigenvalue weighted by Crippen LogP contribution is 2.23. The lowest BCUT2D eigenvalue weighted by Crippen LogP contribution is -2.41. The summed E-state index contributed by atoms with van der Waals surface area (Å²) in [6.45, 7) is 0.721. The standard InChI is InChI=1S/C20H20Cl2N2O4/c21-15-7-6-13(8-16(15)22)20(27)24-10-17-18(25)14(11-28-17)9-23-19(26)12-4-2-1-3-5-12/h1-8,14,17-18,25H,9-11H2,(H,23,26)(H,24,27)/t14-,17-,18+/m1/s1. The van der Waals surface area contributed by atoms with Crippen LogP contribution < -0.4 is 10.6 Å². The first-order valence-electron chi connectivity index (χ1n) is 8.82. The van der Waals surface area contributed by atoms with Gasteiger partial charge >= 0.3 is 0 Å². The van der Waals surface area contributed by atoms with E-state index in [2.05, 4.69) is 10.6 Å². The van der Waals surface area contributed by atoms with E-state index in [1.165, 1.54) is 6.07 Å². The number of benzene rings is 2. The largest absolute Gasteiger partial charge is 0.390 e. The SMILES string of the molecule is O=C(NC[C@@H]1CO[C@H](CNC(=O)c2ccc(Cl)c(Cl)c2)[C@H]1O)c1ccccc1. The molecule has 8 heteroatoms. The van der Waals surface area contributed by atoms with Crippen LogP contribution >= 0.6 is 23.2 Å². The molecule has 1 aliphatic rings. The predicted molar refractivity (Wildman–Crippen MR) is 107 cm³/mol. The molecule has 0 radical (unpaired) electrons. The second kappa shape index (κ2) is 9.39. The fourth-order valence-electron chi connectivity index (χ4n) is 2.96. The number of ether oxygens (including phenoxy) is 1. The van der Waals surface area contributed by atoms with E-state index in [4.69, 9.17) is 27.9 Å². The minimum absolute atomic E-state index is 0.142. The van der Waals surface area contributed by atoms with Crippen molar-refractivity contribution >= 4 is 35.0 Å². The number of rotatable bonds is 6. The van der Waals surface area contributed by atoms with Crippen molar-refractivity contribution < 1.29 is 19.4 Å². The fraction of sp³-hybridized carbons (Fsp3) is 0.300. The quantitative estimate of drug-likeness (QED) is 0.667. The van der Waals surface area contributed by atoms with Gasteiger partial charge in [0.25, 0.3) is 11.8 Å². The van der Waals surface area contributed by atoms with E-state index >= 15 is 0 Å². The number of amides is 2. The predicted octanol–water partition coefficient (Wildman–Crippen LogP) is 2.53. The summed E-state index contributed by atoms with van der Waals surface area (Å²) in [5.74, 6) is -0.793. The molecule has 0 bridgehead atoms. The van der Waals surface area contributed by atoms with Gasteiger partial charge in [0.15, 0.2) is 0 Å². The second-order valence-corrected chi connectivity index (χ2v) is 7.35. The molecule has 0 aliphatic carbocycles. The van der Waals surface area contributed by atoms with Crippen LogP contribution in [0.4, 0.5) is 0 Å². The van der Waals surface area contributed by atoms with Crippen molar-refractivity contribution in [2.24, 2.45) is 5.92 Å². The highest BCUT2D eigenvalue weighted by atomic mass is 35.5. The van der Waals surface area contributed by atoms with Gasteiger partial charge in [-0.25, -0.2) is 0 Å². The molecular weight excluding hydrogens is 403 g/mol. The zero-order valence-corrected chi connectivity index (χ0v) is 16.4. The number of hydrogen-bond acceptors (Lipinski definition) is 4. The van der Waals surface area contributed by atoms with Crippen molar-refractivity contribution in [1.82, 2.24) is 10.6 Å². The lowest BCUT2D eigenvalue weighted by atomic mass is 10.0. The summed E-state index contributed by atoms with van der Waals surface area (Å²) in [6, 6.07) is 13.4. The molecule has 3 atom stereocenters. The molecule has 6 nitrogen and oxygen atoms in total. The summed E-state index contributed by atoms with van der Waals surface area (Å²) in [5, 5.41) is 16.6. The lowest BCUT2D eigenvalue weighted by molar-refractivity contribution is 0.0384. The summed E-state index contributed by atoms with van der Waals surface area (Å²) < 4.78 is 5.58. The maximum absolute atomic E-state index is 12.2. The Morgan fingerprint density at radius 1 is 0.964 bits per heavy atom. The molecular formula is C20H20Cl2N2O4. The third-order valence-corrected chi connectivity index (χ3v) is 5.33. The molecule has 3 rings (SSSR count). The zero-order valence-electron chi connectivity index (χ0n) is 14.9. The van der Waals surface area contributed by atoms with Gasteiger partial charge in [0, 0.05) is 30.1 Å². The molecule has 1 heterocycles. The molecule has 2 aromatic rings. The van der Waals surface area contributed by atoms with Crippen LogP contribution in [0, 0.1) is 5.92 Å². The molecule has 1 saturated heterocycles. The first-order chi connectivity index (χ1) is 13.5. The maximum Gasteiger partial charge on any atom is 0.251 e. The van der Waals surface area contributed by atoms with Crippen LogP contribution in [-0.4, -0.2) is 48.8 Å². The Morgan fingerprint density at radius 2 is 1.64 bits per heavy atom. The highest BCUT2D eigenvalue weighted by Gasteiger charge is 2.36. The summed E-state index contributed by atoms with van der Waals surface area (Å²) in [4.78, 5) is 24.3. The molecule has 0 unspecified atom stereocenters. The molecule has 1 aliphatic heterocycles. The summed E-state index contributed by atoms with van der Waals surface area (Å²) in [6.07, 6.45) is -1.35. The van der Waals surface area contributed by atoms with Crippen LogP contribution in [0.2, 0.25) is 10.0 Å². The average molecular weight is 423 g/mol. The van der Waals surface area contributed by atoms with Crippen molar-refractivity contribution in [2.75, 3.05) is 19.7 Å². The topological polar surface area (TPSA) is 87.7 Å². The number of carbonyl (C=O) groups is 2. The van der Waals surface area contributed by atoms with Crippen LogP contribution in [0.5, 0.6) is 0 Å². The first kappa shape index (κ1) is 20.6. The minimum atomic E-state index is -0.801. The van der Waals surface area contributed by atoms with Crippen LogP contribution in [-0.2, 0) is 4.74 Å². The first-order valence-corrected chi connectivity index (χ1v) is 9.57. The normalized spacial score (nSPS) is 21.3. The maximum atomic E-state index is 12.2. The monoisotopic (exact) mass is 422 g/mol. The molecule has 2 aromatic carbocycles. The number of halogens is 2. The van der Waals surface area contributed by atoms with Gasteiger partial charge in [-0.15, -0.1) is 0 Å². The molecule has 3 N–H and O–H groups in total. The average Bonchev–Trinajstić information content (AvgIpc) is 3.06. The molecule has 2 amide bonds. The summed E-state index contributed by atoms with van der Waals surface area (Å²) >= 11 is 11.8. The van der Waals surface area contributed by atoms with Crippen LogP contribution in [0.25, 0.3) is 0 Å². The zero-order chi connectivity index (χ0) is 20.1. The Morgan fingerprint density at radius 3 is 2.36 bits per heavy atom. The van der Waals surface area contributed by atoms with E-state index in [-0.39, 0.29) is 30.8 Å². The fourth-order valence-corrected chi connectivity index (χ4v) is 3.25. The van der Waals surface area contributed by atoms with E-state index in [1.54, 1.807) is 36.4 Å². The molecule has 0 aromatic heterocycles. The van der Waals surface area contributed by atoms with Crippen LogP contribution in [0.15, 0.2) is 48.5 Å². The minimum Gasteiger partial charge on any atom is -0.390 e. The van der Waals surface area contributed by atoms with E-state index in [1.807, 2.05) is 6.07 Å².